The molecule has 2 fully saturated rings. The molecule has 0 atom stereocenters. The maximum Gasteiger partial charge on any atom is 0.225 e. The van der Waals surface area contributed by atoms with Gasteiger partial charge in [-0.25, -0.2) is 0 Å². The van der Waals surface area contributed by atoms with Gasteiger partial charge in [0.1, 0.15) is 0 Å². The minimum absolute atomic E-state index is 0.155. The van der Waals surface area contributed by atoms with Crippen LogP contribution in [0.5, 0.6) is 0 Å². The fourth-order valence-corrected chi connectivity index (χ4v) is 3.51. The van der Waals surface area contributed by atoms with Gasteiger partial charge in [0, 0.05) is 31.5 Å². The third-order valence-corrected chi connectivity index (χ3v) is 4.72. The monoisotopic (exact) mass is 294 g/mol. The van der Waals surface area contributed by atoms with E-state index in [2.05, 4.69) is 19.2 Å². The van der Waals surface area contributed by atoms with Crippen LogP contribution in [0.2, 0.25) is 0 Å². The van der Waals surface area contributed by atoms with Gasteiger partial charge in [-0.2, -0.15) is 0 Å². The Morgan fingerprint density at radius 2 is 1.67 bits per heavy atom. The zero-order valence-electron chi connectivity index (χ0n) is 13.6. The van der Waals surface area contributed by atoms with E-state index in [1.54, 1.807) is 0 Å². The van der Waals surface area contributed by atoms with Gasteiger partial charge in [-0.15, -0.1) is 0 Å². The van der Waals surface area contributed by atoms with E-state index >= 15 is 0 Å². The van der Waals surface area contributed by atoms with E-state index in [4.69, 9.17) is 0 Å². The minimum Gasteiger partial charge on any atom is -0.353 e. The number of carbonyl (C=O) groups excluding carboxylic acids is 2. The number of hydrogen-bond donors (Lipinski definition) is 1. The van der Waals surface area contributed by atoms with Crippen molar-refractivity contribution in [3.8, 4) is 0 Å². The summed E-state index contributed by atoms with van der Waals surface area (Å²) < 4.78 is 0. The highest BCUT2D eigenvalue weighted by atomic mass is 16.2. The van der Waals surface area contributed by atoms with E-state index in [0.717, 1.165) is 38.8 Å². The summed E-state index contributed by atoms with van der Waals surface area (Å²) in [5.74, 6) is 1.19. The average Bonchev–Trinajstić information content (AvgIpc) is 2.47. The lowest BCUT2D eigenvalue weighted by molar-refractivity contribution is -0.137. The zero-order valence-corrected chi connectivity index (χ0v) is 13.6. The van der Waals surface area contributed by atoms with Gasteiger partial charge in [0.15, 0.2) is 0 Å². The second kappa shape index (κ2) is 7.81. The van der Waals surface area contributed by atoms with Crippen LogP contribution < -0.4 is 5.32 Å². The number of rotatable bonds is 4. The molecule has 21 heavy (non-hydrogen) atoms. The molecule has 0 bridgehead atoms. The van der Waals surface area contributed by atoms with E-state index in [0.29, 0.717) is 18.2 Å². The van der Waals surface area contributed by atoms with Crippen LogP contribution in [-0.2, 0) is 9.59 Å². The summed E-state index contributed by atoms with van der Waals surface area (Å²) in [7, 11) is 0. The minimum atomic E-state index is 0.155. The molecule has 0 aromatic carbocycles. The van der Waals surface area contributed by atoms with Crippen molar-refractivity contribution >= 4 is 11.8 Å². The molecule has 4 nitrogen and oxygen atoms in total. The Kier molecular flexibility index (Phi) is 6.07. The first-order valence-corrected chi connectivity index (χ1v) is 8.64. The van der Waals surface area contributed by atoms with Crippen LogP contribution in [0.4, 0.5) is 0 Å². The molecule has 0 spiro atoms. The highest BCUT2D eigenvalue weighted by Gasteiger charge is 2.29. The molecule has 1 saturated carbocycles. The number of carbonyl (C=O) groups is 2. The molecule has 2 amide bonds. The Labute approximate surface area is 128 Å². The van der Waals surface area contributed by atoms with Crippen molar-refractivity contribution in [3.05, 3.63) is 0 Å². The highest BCUT2D eigenvalue weighted by molar-refractivity contribution is 5.79. The van der Waals surface area contributed by atoms with E-state index in [-0.39, 0.29) is 17.9 Å². The van der Waals surface area contributed by atoms with Crippen molar-refractivity contribution in [2.24, 2.45) is 11.8 Å². The topological polar surface area (TPSA) is 49.4 Å². The van der Waals surface area contributed by atoms with Crippen molar-refractivity contribution in [2.75, 3.05) is 13.1 Å². The van der Waals surface area contributed by atoms with Crippen molar-refractivity contribution in [1.82, 2.24) is 10.2 Å². The lowest BCUT2D eigenvalue weighted by atomic mass is 9.87. The predicted octanol–water partition coefficient (Wildman–Crippen LogP) is 2.72. The first kappa shape index (κ1) is 16.3. The Morgan fingerprint density at radius 1 is 1.05 bits per heavy atom. The van der Waals surface area contributed by atoms with Crippen molar-refractivity contribution in [2.45, 2.75) is 71.3 Å². The van der Waals surface area contributed by atoms with Gasteiger partial charge in [0.2, 0.25) is 11.8 Å². The van der Waals surface area contributed by atoms with E-state index in [9.17, 15) is 9.59 Å². The summed E-state index contributed by atoms with van der Waals surface area (Å²) in [5, 5.41) is 3.11. The Bertz CT molecular complexity index is 354. The van der Waals surface area contributed by atoms with Gasteiger partial charge in [0.05, 0.1) is 0 Å². The first-order valence-electron chi connectivity index (χ1n) is 8.64. The van der Waals surface area contributed by atoms with Crippen LogP contribution in [-0.4, -0.2) is 35.8 Å². The maximum absolute atomic E-state index is 12.5. The van der Waals surface area contributed by atoms with Crippen molar-refractivity contribution in [3.63, 3.8) is 0 Å². The lowest BCUT2D eigenvalue weighted by Gasteiger charge is -2.35. The van der Waals surface area contributed by atoms with Gasteiger partial charge >= 0.3 is 0 Å². The molecule has 1 aliphatic carbocycles. The normalized spacial score (nSPS) is 21.6. The fraction of sp³-hybridized carbons (Fsp3) is 0.882. The summed E-state index contributed by atoms with van der Waals surface area (Å²) in [4.78, 5) is 26.3. The summed E-state index contributed by atoms with van der Waals surface area (Å²) in [6.45, 7) is 5.74. The number of nitrogens with one attached hydrogen (secondary N) is 1. The Morgan fingerprint density at radius 3 is 2.24 bits per heavy atom. The van der Waals surface area contributed by atoms with Crippen molar-refractivity contribution < 1.29 is 9.59 Å². The number of likely N-dealkylation sites (tertiary alicyclic amines) is 1. The molecule has 0 unspecified atom stereocenters. The zero-order chi connectivity index (χ0) is 15.2. The molecule has 0 aromatic rings. The average molecular weight is 294 g/mol. The second-order valence-electron chi connectivity index (χ2n) is 7.10. The SMILES string of the molecule is CC(C)CC(=O)NC1CCN(C(=O)C2CCCCC2)CC1. The Hall–Kier alpha value is -1.06. The van der Waals surface area contributed by atoms with E-state index in [1.165, 1.54) is 19.3 Å². The second-order valence-corrected chi connectivity index (χ2v) is 7.10. The number of nitrogens with zero attached hydrogens (tertiary/aromatic N) is 1. The molecular formula is C17H30N2O2. The van der Waals surface area contributed by atoms with Crippen LogP contribution in [0.1, 0.15) is 65.2 Å². The summed E-state index contributed by atoms with van der Waals surface area (Å²) in [6, 6.07) is 0.256. The molecule has 1 N–H and O–H groups in total. The lowest BCUT2D eigenvalue weighted by Crippen LogP contribution is -2.48. The summed E-state index contributed by atoms with van der Waals surface area (Å²) in [5.41, 5.74) is 0. The van der Waals surface area contributed by atoms with Crippen LogP contribution in [0.15, 0.2) is 0 Å². The molecule has 2 aliphatic rings. The maximum atomic E-state index is 12.5. The fourth-order valence-electron chi connectivity index (χ4n) is 3.51. The third kappa shape index (κ3) is 5.01. The van der Waals surface area contributed by atoms with Gasteiger partial charge < -0.3 is 10.2 Å². The van der Waals surface area contributed by atoms with Crippen LogP contribution in [0.3, 0.4) is 0 Å². The number of amides is 2. The molecule has 0 radical (unpaired) electrons. The molecule has 1 heterocycles. The number of hydrogen-bond acceptors (Lipinski definition) is 2. The first-order chi connectivity index (χ1) is 10.1. The molecule has 4 heteroatoms. The molecule has 1 aliphatic heterocycles. The molecule has 0 aromatic heterocycles. The van der Waals surface area contributed by atoms with Gasteiger partial charge in [0.25, 0.3) is 0 Å². The largest absolute Gasteiger partial charge is 0.353 e. The third-order valence-electron chi connectivity index (χ3n) is 4.72. The predicted molar refractivity (Wildman–Crippen MR) is 83.8 cm³/mol. The van der Waals surface area contributed by atoms with Crippen LogP contribution >= 0.6 is 0 Å². The summed E-state index contributed by atoms with van der Waals surface area (Å²) in [6.07, 6.45) is 8.25. The van der Waals surface area contributed by atoms with Gasteiger partial charge in [-0.1, -0.05) is 33.1 Å². The smallest absolute Gasteiger partial charge is 0.225 e. The highest BCUT2D eigenvalue weighted by Crippen LogP contribution is 2.26. The van der Waals surface area contributed by atoms with Gasteiger partial charge in [-0.3, -0.25) is 9.59 Å². The standard InChI is InChI=1S/C17H30N2O2/c1-13(2)12-16(20)18-15-8-10-19(11-9-15)17(21)14-6-4-3-5-7-14/h13-15H,3-12H2,1-2H3,(H,18,20). The van der Waals surface area contributed by atoms with E-state index < -0.39 is 0 Å². The van der Waals surface area contributed by atoms with E-state index in [1.807, 2.05) is 4.90 Å². The molecular weight excluding hydrogens is 264 g/mol. The molecule has 1 saturated heterocycles. The summed E-state index contributed by atoms with van der Waals surface area (Å²) >= 11 is 0. The molecule has 120 valence electrons. The van der Waals surface area contributed by atoms with Crippen molar-refractivity contribution in [1.29, 1.82) is 0 Å². The number of piperidine rings is 1. The Balaban J connectivity index is 1.72. The quantitative estimate of drug-likeness (QED) is 0.866. The van der Waals surface area contributed by atoms with Gasteiger partial charge in [-0.05, 0) is 31.6 Å². The van der Waals surface area contributed by atoms with Crippen LogP contribution in [0, 0.1) is 11.8 Å². The van der Waals surface area contributed by atoms with Crippen LogP contribution in [0.25, 0.3) is 0 Å². The molecule has 2 rings (SSSR count).